The number of ether oxygens (including phenoxy) is 1. The van der Waals surface area contributed by atoms with Crippen molar-refractivity contribution in [1.82, 2.24) is 0 Å². The van der Waals surface area contributed by atoms with Crippen molar-refractivity contribution in [3.05, 3.63) is 41.0 Å². The van der Waals surface area contributed by atoms with E-state index in [0.29, 0.717) is 5.56 Å². The number of fused-ring (bicyclic) bond motifs is 1. The van der Waals surface area contributed by atoms with Crippen LogP contribution in [-0.4, -0.2) is 24.1 Å². The van der Waals surface area contributed by atoms with Crippen LogP contribution in [0.25, 0.3) is 6.08 Å². The van der Waals surface area contributed by atoms with Crippen LogP contribution in [0.1, 0.15) is 34.5 Å². The molecule has 0 aliphatic heterocycles. The van der Waals surface area contributed by atoms with Crippen LogP contribution in [0, 0.1) is 0 Å². The number of rotatable bonds is 2. The Morgan fingerprint density at radius 2 is 2.19 bits per heavy atom. The molecule has 1 aromatic rings. The quantitative estimate of drug-likeness (QED) is 0.772. The van der Waals surface area contributed by atoms with Crippen molar-refractivity contribution in [2.45, 2.75) is 19.1 Å². The maximum atomic E-state index is 11.2. The van der Waals surface area contributed by atoms with Crippen molar-refractivity contribution in [3.63, 3.8) is 0 Å². The molecule has 2 rings (SSSR count). The van der Waals surface area contributed by atoms with Gasteiger partial charge in [0.1, 0.15) is 12.2 Å². The first-order valence-electron chi connectivity index (χ1n) is 5.17. The van der Waals surface area contributed by atoms with Gasteiger partial charge in [0.15, 0.2) is 5.78 Å². The number of aliphatic hydroxyl groups excluding tert-OH is 1. The van der Waals surface area contributed by atoms with Gasteiger partial charge in [0.25, 0.3) is 0 Å². The number of methoxy groups -OCH3 is 1. The van der Waals surface area contributed by atoms with Gasteiger partial charge in [-0.3, -0.25) is 4.79 Å². The molecule has 0 heterocycles. The molecule has 0 bridgehead atoms. The Kier molecular flexibility index (Phi) is 2.90. The molecule has 1 aliphatic carbocycles. The van der Waals surface area contributed by atoms with Crippen LogP contribution >= 0.6 is 0 Å². The molecular formula is C13H14O3. The van der Waals surface area contributed by atoms with Gasteiger partial charge in [-0.2, -0.15) is 0 Å². The zero-order chi connectivity index (χ0) is 11.7. The predicted molar refractivity (Wildman–Crippen MR) is 61.2 cm³/mol. The summed E-state index contributed by atoms with van der Waals surface area (Å²) in [5.41, 5.74) is 2.35. The largest absolute Gasteiger partial charge is 0.385 e. The fraction of sp³-hybridized carbons (Fsp3) is 0.308. The lowest BCUT2D eigenvalue weighted by atomic mass is 9.91. The molecule has 84 valence electrons. The number of ketones is 1. The molecule has 3 heteroatoms. The van der Waals surface area contributed by atoms with Crippen LogP contribution in [0.5, 0.6) is 0 Å². The van der Waals surface area contributed by atoms with Gasteiger partial charge in [-0.1, -0.05) is 24.3 Å². The highest BCUT2D eigenvalue weighted by Crippen LogP contribution is 2.30. The smallest absolute Gasteiger partial charge is 0.159 e. The van der Waals surface area contributed by atoms with Crippen molar-refractivity contribution in [2.75, 3.05) is 7.11 Å². The molecule has 0 saturated carbocycles. The lowest BCUT2D eigenvalue weighted by Crippen LogP contribution is -2.22. The van der Waals surface area contributed by atoms with E-state index in [-0.39, 0.29) is 11.9 Å². The minimum absolute atomic E-state index is 0.0274. The van der Waals surface area contributed by atoms with Crippen LogP contribution in [0.15, 0.2) is 24.3 Å². The lowest BCUT2D eigenvalue weighted by Gasteiger charge is -2.24. The van der Waals surface area contributed by atoms with Gasteiger partial charge in [0.2, 0.25) is 0 Å². The Balaban J connectivity index is 2.44. The molecule has 0 fully saturated rings. The van der Waals surface area contributed by atoms with Crippen LogP contribution in [0.2, 0.25) is 0 Å². The van der Waals surface area contributed by atoms with Crippen molar-refractivity contribution in [2.24, 2.45) is 0 Å². The van der Waals surface area contributed by atoms with E-state index in [4.69, 9.17) is 4.74 Å². The van der Waals surface area contributed by atoms with Gasteiger partial charge in [-0.15, -0.1) is 0 Å². The Morgan fingerprint density at radius 1 is 1.44 bits per heavy atom. The fourth-order valence-electron chi connectivity index (χ4n) is 1.90. The number of carbonyl (C=O) groups excluding carboxylic acids is 1. The average molecular weight is 218 g/mol. The summed E-state index contributed by atoms with van der Waals surface area (Å²) in [5, 5.41) is 9.99. The van der Waals surface area contributed by atoms with Crippen LogP contribution in [0.3, 0.4) is 0 Å². The highest BCUT2D eigenvalue weighted by Gasteiger charge is 2.24. The Labute approximate surface area is 94.4 Å². The highest BCUT2D eigenvalue weighted by atomic mass is 16.5. The van der Waals surface area contributed by atoms with Gasteiger partial charge in [0.05, 0.1) is 0 Å². The second-order valence-electron chi connectivity index (χ2n) is 3.90. The second kappa shape index (κ2) is 4.20. The molecule has 0 radical (unpaired) electrons. The maximum absolute atomic E-state index is 11.2. The van der Waals surface area contributed by atoms with E-state index in [9.17, 15) is 9.90 Å². The summed E-state index contributed by atoms with van der Waals surface area (Å²) in [6.07, 6.45) is 2.71. The van der Waals surface area contributed by atoms with E-state index < -0.39 is 6.10 Å². The van der Waals surface area contributed by atoms with E-state index in [0.717, 1.165) is 11.1 Å². The molecule has 0 spiro atoms. The van der Waals surface area contributed by atoms with Crippen LogP contribution in [0.4, 0.5) is 0 Å². The monoisotopic (exact) mass is 218 g/mol. The SMILES string of the molecule is CO[C@@H]1C=Cc2cc(C(C)=O)ccc2[C@H]1O. The van der Waals surface area contributed by atoms with Gasteiger partial charge >= 0.3 is 0 Å². The van der Waals surface area contributed by atoms with Crippen molar-refractivity contribution >= 4 is 11.9 Å². The molecule has 0 saturated heterocycles. The van der Waals surface area contributed by atoms with E-state index in [1.807, 2.05) is 6.08 Å². The summed E-state index contributed by atoms with van der Waals surface area (Å²) in [6, 6.07) is 5.31. The Morgan fingerprint density at radius 3 is 2.81 bits per heavy atom. The first kappa shape index (κ1) is 11.0. The normalized spacial score (nSPS) is 22.9. The molecule has 0 amide bonds. The molecular weight excluding hydrogens is 204 g/mol. The predicted octanol–water partition coefficient (Wildman–Crippen LogP) is 1.96. The van der Waals surface area contributed by atoms with Crippen molar-refractivity contribution in [3.8, 4) is 0 Å². The molecule has 3 nitrogen and oxygen atoms in total. The minimum Gasteiger partial charge on any atom is -0.385 e. The third kappa shape index (κ3) is 1.79. The number of Topliss-reactive ketones (excluding diaryl/α,β-unsaturated/α-hetero) is 1. The van der Waals surface area contributed by atoms with Crippen molar-refractivity contribution < 1.29 is 14.6 Å². The van der Waals surface area contributed by atoms with E-state index >= 15 is 0 Å². The standard InChI is InChI=1S/C13H14O3/c1-8(14)9-3-5-11-10(7-9)4-6-12(16-2)13(11)15/h3-7,12-13,15H,1-2H3/t12-,13-/m1/s1. The van der Waals surface area contributed by atoms with Gasteiger partial charge < -0.3 is 9.84 Å². The van der Waals surface area contributed by atoms with Gasteiger partial charge in [-0.05, 0) is 24.1 Å². The third-order valence-electron chi connectivity index (χ3n) is 2.86. The molecule has 2 atom stereocenters. The average Bonchev–Trinajstić information content (AvgIpc) is 2.29. The van der Waals surface area contributed by atoms with E-state index in [1.165, 1.54) is 6.92 Å². The molecule has 1 aromatic carbocycles. The summed E-state index contributed by atoms with van der Waals surface area (Å²) >= 11 is 0. The zero-order valence-corrected chi connectivity index (χ0v) is 9.31. The first-order chi connectivity index (χ1) is 7.63. The molecule has 0 unspecified atom stereocenters. The summed E-state index contributed by atoms with van der Waals surface area (Å²) < 4.78 is 5.13. The molecule has 1 N–H and O–H groups in total. The lowest BCUT2D eigenvalue weighted by molar-refractivity contribution is 0.0150. The Hall–Kier alpha value is -1.45. The van der Waals surface area contributed by atoms with Gasteiger partial charge in [-0.25, -0.2) is 0 Å². The summed E-state index contributed by atoms with van der Waals surface area (Å²) in [6.45, 7) is 1.53. The highest BCUT2D eigenvalue weighted by molar-refractivity contribution is 5.94. The summed E-state index contributed by atoms with van der Waals surface area (Å²) in [4.78, 5) is 11.2. The van der Waals surface area contributed by atoms with Gasteiger partial charge in [0, 0.05) is 12.7 Å². The second-order valence-corrected chi connectivity index (χ2v) is 3.90. The fourth-order valence-corrected chi connectivity index (χ4v) is 1.90. The number of benzene rings is 1. The molecule has 1 aliphatic rings. The zero-order valence-electron chi connectivity index (χ0n) is 9.31. The van der Waals surface area contributed by atoms with Crippen molar-refractivity contribution in [1.29, 1.82) is 0 Å². The topological polar surface area (TPSA) is 46.5 Å². The first-order valence-corrected chi connectivity index (χ1v) is 5.17. The number of carbonyl (C=O) groups is 1. The summed E-state index contributed by atoms with van der Waals surface area (Å²) in [5.74, 6) is 0.0274. The molecule has 16 heavy (non-hydrogen) atoms. The van der Waals surface area contributed by atoms with Crippen LogP contribution < -0.4 is 0 Å². The number of aliphatic hydroxyl groups is 1. The number of hydrogen-bond acceptors (Lipinski definition) is 3. The van der Waals surface area contributed by atoms with E-state index in [1.54, 1.807) is 31.4 Å². The van der Waals surface area contributed by atoms with Crippen LogP contribution in [-0.2, 0) is 4.74 Å². The third-order valence-corrected chi connectivity index (χ3v) is 2.86. The minimum atomic E-state index is -0.661. The number of hydrogen-bond donors (Lipinski definition) is 1. The molecule has 0 aromatic heterocycles. The van der Waals surface area contributed by atoms with E-state index in [2.05, 4.69) is 0 Å². The maximum Gasteiger partial charge on any atom is 0.159 e. The Bertz CT molecular complexity index is 448. The summed E-state index contributed by atoms with van der Waals surface area (Å²) in [7, 11) is 1.56.